The maximum absolute atomic E-state index is 12.9. The zero-order valence-electron chi connectivity index (χ0n) is 15.0. The molecule has 0 atom stereocenters. The van der Waals surface area contributed by atoms with Crippen LogP contribution in [-0.2, 0) is 11.3 Å². The molecule has 0 aliphatic carbocycles. The Labute approximate surface area is 170 Å². The number of nitrogens with two attached hydrogens (primary N) is 1. The second-order valence-corrected chi connectivity index (χ2v) is 8.04. The number of hydrogen-bond acceptors (Lipinski definition) is 6. The zero-order valence-corrected chi connectivity index (χ0v) is 16.6. The molecular formula is C19H19FN4O2S2. The van der Waals surface area contributed by atoms with E-state index in [2.05, 4.69) is 10.2 Å². The Morgan fingerprint density at radius 3 is 2.61 bits per heavy atom. The van der Waals surface area contributed by atoms with E-state index in [1.165, 1.54) is 36.0 Å². The van der Waals surface area contributed by atoms with E-state index in [1.54, 1.807) is 11.3 Å². The van der Waals surface area contributed by atoms with Gasteiger partial charge in [-0.2, -0.15) is 0 Å². The number of thiophene rings is 1. The van der Waals surface area contributed by atoms with Crippen LogP contribution in [0.15, 0.2) is 46.9 Å². The normalized spacial score (nSPS) is 10.9. The molecule has 1 aromatic carbocycles. The molecule has 0 aliphatic heterocycles. The SMILES string of the molecule is NC(=O)CCn1c(SCCCC(=O)c2ccc(F)cc2)nnc1-c1cccs1. The van der Waals surface area contributed by atoms with Crippen molar-refractivity contribution >= 4 is 34.8 Å². The predicted molar refractivity (Wildman–Crippen MR) is 108 cm³/mol. The van der Waals surface area contributed by atoms with E-state index in [1.807, 2.05) is 22.1 Å². The van der Waals surface area contributed by atoms with Crippen molar-refractivity contribution in [3.05, 3.63) is 53.2 Å². The van der Waals surface area contributed by atoms with Crippen LogP contribution >= 0.6 is 23.1 Å². The number of benzene rings is 1. The highest BCUT2D eigenvalue weighted by molar-refractivity contribution is 7.99. The van der Waals surface area contributed by atoms with E-state index in [0.717, 1.165) is 4.88 Å². The van der Waals surface area contributed by atoms with Gasteiger partial charge >= 0.3 is 0 Å². The minimum atomic E-state index is -0.383. The summed E-state index contributed by atoms with van der Waals surface area (Å²) in [4.78, 5) is 24.3. The molecule has 2 heterocycles. The van der Waals surface area contributed by atoms with Crippen LogP contribution in [0, 0.1) is 5.82 Å². The van der Waals surface area contributed by atoms with Crippen LogP contribution in [0.3, 0.4) is 0 Å². The van der Waals surface area contributed by atoms with Crippen LogP contribution in [0.2, 0.25) is 0 Å². The molecule has 0 unspecified atom stereocenters. The molecule has 0 fully saturated rings. The van der Waals surface area contributed by atoms with Gasteiger partial charge in [0.25, 0.3) is 0 Å². The van der Waals surface area contributed by atoms with E-state index in [-0.39, 0.29) is 23.9 Å². The molecule has 28 heavy (non-hydrogen) atoms. The Morgan fingerprint density at radius 2 is 1.93 bits per heavy atom. The van der Waals surface area contributed by atoms with Crippen molar-refractivity contribution in [2.24, 2.45) is 5.73 Å². The third-order valence-electron chi connectivity index (χ3n) is 3.99. The number of rotatable bonds is 10. The first-order valence-electron chi connectivity index (χ1n) is 8.71. The van der Waals surface area contributed by atoms with E-state index in [4.69, 9.17) is 5.73 Å². The lowest BCUT2D eigenvalue weighted by Crippen LogP contribution is -2.15. The van der Waals surface area contributed by atoms with Gasteiger partial charge in [-0.15, -0.1) is 21.5 Å². The number of Topliss-reactive ketones (excluding diaryl/α,β-unsaturated/α-hetero) is 1. The molecule has 0 bridgehead atoms. The number of aromatic nitrogens is 3. The highest BCUT2D eigenvalue weighted by atomic mass is 32.2. The molecule has 9 heteroatoms. The van der Waals surface area contributed by atoms with Crippen molar-refractivity contribution in [3.63, 3.8) is 0 Å². The van der Waals surface area contributed by atoms with Crippen LogP contribution in [0.1, 0.15) is 29.6 Å². The summed E-state index contributed by atoms with van der Waals surface area (Å²) in [5.74, 6) is 0.623. The van der Waals surface area contributed by atoms with E-state index < -0.39 is 0 Å². The summed E-state index contributed by atoms with van der Waals surface area (Å²) in [6, 6.07) is 9.45. The number of halogens is 1. The van der Waals surface area contributed by atoms with Gasteiger partial charge in [-0.1, -0.05) is 17.8 Å². The second kappa shape index (κ2) is 9.61. The fraction of sp³-hybridized carbons (Fsp3) is 0.263. The van der Waals surface area contributed by atoms with Gasteiger partial charge < -0.3 is 10.3 Å². The molecule has 0 aliphatic rings. The molecule has 0 saturated heterocycles. The number of carbonyl (C=O) groups is 2. The number of hydrogen-bond donors (Lipinski definition) is 1. The molecule has 6 nitrogen and oxygen atoms in total. The van der Waals surface area contributed by atoms with Crippen molar-refractivity contribution in [2.45, 2.75) is 31.0 Å². The van der Waals surface area contributed by atoms with Gasteiger partial charge in [0.1, 0.15) is 5.82 Å². The maximum Gasteiger partial charge on any atom is 0.219 e. The number of primary amides is 1. The number of amides is 1. The highest BCUT2D eigenvalue weighted by Gasteiger charge is 2.16. The van der Waals surface area contributed by atoms with Gasteiger partial charge in [0.05, 0.1) is 4.88 Å². The maximum atomic E-state index is 12.9. The van der Waals surface area contributed by atoms with E-state index >= 15 is 0 Å². The van der Waals surface area contributed by atoms with Crippen molar-refractivity contribution in [1.82, 2.24) is 14.8 Å². The third-order valence-corrected chi connectivity index (χ3v) is 5.90. The van der Waals surface area contributed by atoms with Crippen molar-refractivity contribution in [2.75, 3.05) is 5.75 Å². The third kappa shape index (κ3) is 5.26. The Balaban J connectivity index is 1.59. The predicted octanol–water partition coefficient (Wildman–Crippen LogP) is 3.78. The van der Waals surface area contributed by atoms with Gasteiger partial charge in [0.2, 0.25) is 5.91 Å². The quantitative estimate of drug-likeness (QED) is 0.307. The zero-order chi connectivity index (χ0) is 19.9. The average Bonchev–Trinajstić information content (AvgIpc) is 3.33. The molecule has 3 aromatic rings. The van der Waals surface area contributed by atoms with E-state index in [0.29, 0.717) is 41.7 Å². The summed E-state index contributed by atoms with van der Waals surface area (Å²) in [6.45, 7) is 0.409. The number of thioether (sulfide) groups is 1. The summed E-state index contributed by atoms with van der Waals surface area (Å²) >= 11 is 3.03. The van der Waals surface area contributed by atoms with Crippen LogP contribution < -0.4 is 5.73 Å². The first-order chi connectivity index (χ1) is 13.5. The molecule has 146 valence electrons. The Bertz CT molecular complexity index is 940. The number of nitrogens with zero attached hydrogens (tertiary/aromatic N) is 3. The molecule has 0 saturated carbocycles. The summed E-state index contributed by atoms with van der Waals surface area (Å²) in [5.41, 5.74) is 5.80. The Hall–Kier alpha value is -2.52. The van der Waals surface area contributed by atoms with E-state index in [9.17, 15) is 14.0 Å². The Morgan fingerprint density at radius 1 is 1.14 bits per heavy atom. The minimum absolute atomic E-state index is 0.0185. The molecule has 2 aromatic heterocycles. The van der Waals surface area contributed by atoms with Gasteiger partial charge in [0.15, 0.2) is 16.8 Å². The molecule has 1 amide bonds. The summed E-state index contributed by atoms with van der Waals surface area (Å²) in [5, 5.41) is 11.1. The van der Waals surface area contributed by atoms with Crippen molar-refractivity contribution in [3.8, 4) is 10.7 Å². The monoisotopic (exact) mass is 418 g/mol. The minimum Gasteiger partial charge on any atom is -0.370 e. The van der Waals surface area contributed by atoms with Crippen LogP contribution in [0.5, 0.6) is 0 Å². The summed E-state index contributed by atoms with van der Waals surface area (Å²) in [6.07, 6.45) is 1.22. The lowest BCUT2D eigenvalue weighted by molar-refractivity contribution is -0.118. The highest BCUT2D eigenvalue weighted by Crippen LogP contribution is 2.28. The molecule has 2 N–H and O–H groups in total. The first kappa shape index (κ1) is 20.2. The molecule has 3 rings (SSSR count). The smallest absolute Gasteiger partial charge is 0.219 e. The van der Waals surface area contributed by atoms with Crippen molar-refractivity contribution < 1.29 is 14.0 Å². The lowest BCUT2D eigenvalue weighted by atomic mass is 10.1. The first-order valence-corrected chi connectivity index (χ1v) is 10.6. The Kier molecular flexibility index (Phi) is 6.94. The summed E-state index contributed by atoms with van der Waals surface area (Å²) in [7, 11) is 0. The topological polar surface area (TPSA) is 90.9 Å². The molecular weight excluding hydrogens is 399 g/mol. The van der Waals surface area contributed by atoms with Gasteiger partial charge in [-0.05, 0) is 42.1 Å². The fourth-order valence-electron chi connectivity index (χ4n) is 2.58. The standard InChI is InChI=1S/C19H19FN4O2S2/c20-14-7-5-13(6-8-14)15(25)3-1-12-28-19-23-22-18(16-4-2-11-27-16)24(19)10-9-17(21)26/h2,4-8,11H,1,3,9-10,12H2,(H2,21,26). The van der Waals surface area contributed by atoms with Crippen LogP contribution in [-0.4, -0.2) is 32.2 Å². The van der Waals surface area contributed by atoms with Gasteiger partial charge in [-0.25, -0.2) is 4.39 Å². The van der Waals surface area contributed by atoms with Crippen LogP contribution in [0.25, 0.3) is 10.7 Å². The number of carbonyl (C=O) groups excluding carboxylic acids is 2. The average molecular weight is 419 g/mol. The summed E-state index contributed by atoms with van der Waals surface area (Å²) < 4.78 is 14.8. The fourth-order valence-corrected chi connectivity index (χ4v) is 4.20. The van der Waals surface area contributed by atoms with Crippen LogP contribution in [0.4, 0.5) is 4.39 Å². The largest absolute Gasteiger partial charge is 0.370 e. The molecule has 0 spiro atoms. The van der Waals surface area contributed by atoms with Gasteiger partial charge in [-0.3, -0.25) is 9.59 Å². The molecule has 0 radical (unpaired) electrons. The van der Waals surface area contributed by atoms with Crippen molar-refractivity contribution in [1.29, 1.82) is 0 Å². The second-order valence-electron chi connectivity index (χ2n) is 6.03. The number of ketones is 1. The lowest BCUT2D eigenvalue weighted by Gasteiger charge is -2.08. The van der Waals surface area contributed by atoms with Gasteiger partial charge in [0, 0.05) is 30.7 Å².